The zero-order valence-electron chi connectivity index (χ0n) is 13.4. The van der Waals surface area contributed by atoms with Gasteiger partial charge in [-0.25, -0.2) is 0 Å². The van der Waals surface area contributed by atoms with E-state index in [0.29, 0.717) is 0 Å². The Morgan fingerprint density at radius 3 is 1.95 bits per heavy atom. The first-order chi connectivity index (χ1) is 8.94. The van der Waals surface area contributed by atoms with Crippen molar-refractivity contribution in [3.63, 3.8) is 0 Å². The number of hydrogen-bond donors (Lipinski definition) is 0. The number of ether oxygens (including phenoxy) is 1. The number of nitrogens with zero attached hydrogens (tertiary/aromatic N) is 1. The van der Waals surface area contributed by atoms with Crippen molar-refractivity contribution in [3.05, 3.63) is 0 Å². The number of rotatable bonds is 6. The Morgan fingerprint density at radius 2 is 1.60 bits per heavy atom. The quantitative estimate of drug-likeness (QED) is 0.554. The van der Waals surface area contributed by atoms with Crippen molar-refractivity contribution < 1.29 is 19.1 Å². The number of esters is 1. The summed E-state index contributed by atoms with van der Waals surface area (Å²) in [6.07, 6.45) is -0.140. The molecule has 114 valence electrons. The summed E-state index contributed by atoms with van der Waals surface area (Å²) in [5.41, 5.74) is -0.366. The lowest BCUT2D eigenvalue weighted by Crippen LogP contribution is -2.32. The molecule has 0 saturated carbocycles. The van der Waals surface area contributed by atoms with Gasteiger partial charge in [-0.05, 0) is 27.7 Å². The van der Waals surface area contributed by atoms with Gasteiger partial charge in [-0.3, -0.25) is 19.4 Å². The summed E-state index contributed by atoms with van der Waals surface area (Å²) in [7, 11) is 0. The predicted molar refractivity (Wildman–Crippen MR) is 77.9 cm³/mol. The molecule has 0 radical (unpaired) electrons. The Morgan fingerprint density at radius 1 is 1.10 bits per heavy atom. The minimum absolute atomic E-state index is 0.140. The average Bonchev–Trinajstić information content (AvgIpc) is 2.23. The van der Waals surface area contributed by atoms with E-state index in [2.05, 4.69) is 4.99 Å². The van der Waals surface area contributed by atoms with Crippen LogP contribution in [-0.2, 0) is 19.1 Å². The number of Topliss-reactive ketones (excluding diaryl/α,β-unsaturated/α-hetero) is 2. The van der Waals surface area contributed by atoms with Crippen LogP contribution in [0, 0.1) is 5.92 Å². The van der Waals surface area contributed by atoms with Crippen molar-refractivity contribution >= 4 is 23.2 Å². The van der Waals surface area contributed by atoms with Crippen LogP contribution < -0.4 is 0 Å². The molecule has 0 unspecified atom stereocenters. The SMILES string of the molecule is CC(=O)/C(C)=N/[C@@H](CC(=O)OC(C)(C)C)C(=O)C(C)C. The van der Waals surface area contributed by atoms with Crippen LogP contribution in [0.1, 0.15) is 54.9 Å². The summed E-state index contributed by atoms with van der Waals surface area (Å²) >= 11 is 0. The normalized spacial score (nSPS) is 14.1. The second-order valence-electron chi connectivity index (χ2n) is 6.13. The molecule has 0 saturated heterocycles. The van der Waals surface area contributed by atoms with E-state index in [4.69, 9.17) is 4.74 Å². The molecule has 0 N–H and O–H groups in total. The summed E-state index contributed by atoms with van der Waals surface area (Å²) in [5.74, 6) is -1.13. The van der Waals surface area contributed by atoms with E-state index < -0.39 is 17.6 Å². The summed E-state index contributed by atoms with van der Waals surface area (Å²) in [6, 6.07) is -0.853. The zero-order chi connectivity index (χ0) is 16.1. The highest BCUT2D eigenvalue weighted by Gasteiger charge is 2.27. The van der Waals surface area contributed by atoms with Gasteiger partial charge in [0.2, 0.25) is 0 Å². The number of hydrogen-bond acceptors (Lipinski definition) is 5. The van der Waals surface area contributed by atoms with Crippen molar-refractivity contribution in [2.24, 2.45) is 10.9 Å². The Hall–Kier alpha value is -1.52. The average molecular weight is 283 g/mol. The van der Waals surface area contributed by atoms with Crippen molar-refractivity contribution in [2.45, 2.75) is 66.5 Å². The molecule has 0 spiro atoms. The number of carbonyl (C=O) groups is 3. The van der Waals surface area contributed by atoms with E-state index in [1.807, 2.05) is 0 Å². The molecule has 5 nitrogen and oxygen atoms in total. The molecule has 0 aliphatic carbocycles. The molecular formula is C15H25NO4. The van der Waals surface area contributed by atoms with Gasteiger partial charge in [0.25, 0.3) is 0 Å². The molecule has 0 fully saturated rings. The minimum atomic E-state index is -0.853. The van der Waals surface area contributed by atoms with Crippen molar-refractivity contribution in [1.29, 1.82) is 0 Å². The lowest BCUT2D eigenvalue weighted by molar-refractivity contribution is -0.156. The largest absolute Gasteiger partial charge is 0.460 e. The first-order valence-corrected chi connectivity index (χ1v) is 6.75. The van der Waals surface area contributed by atoms with E-state index in [1.165, 1.54) is 13.8 Å². The fourth-order valence-corrected chi connectivity index (χ4v) is 1.46. The van der Waals surface area contributed by atoms with Gasteiger partial charge in [0.15, 0.2) is 11.6 Å². The zero-order valence-corrected chi connectivity index (χ0v) is 13.4. The fourth-order valence-electron chi connectivity index (χ4n) is 1.46. The smallest absolute Gasteiger partial charge is 0.308 e. The maximum Gasteiger partial charge on any atom is 0.308 e. The Balaban J connectivity index is 5.07. The third-order valence-electron chi connectivity index (χ3n) is 2.54. The van der Waals surface area contributed by atoms with E-state index in [-0.39, 0.29) is 29.6 Å². The molecule has 0 amide bonds. The molecule has 0 bridgehead atoms. The summed E-state index contributed by atoms with van der Waals surface area (Å²) in [5, 5.41) is 0. The Kier molecular flexibility index (Phi) is 6.76. The van der Waals surface area contributed by atoms with Gasteiger partial charge in [0.05, 0.1) is 12.1 Å². The highest BCUT2D eigenvalue weighted by atomic mass is 16.6. The second kappa shape index (κ2) is 7.31. The van der Waals surface area contributed by atoms with Crippen LogP contribution in [0.5, 0.6) is 0 Å². The maximum atomic E-state index is 12.1. The highest BCUT2D eigenvalue weighted by Crippen LogP contribution is 2.14. The van der Waals surface area contributed by atoms with Gasteiger partial charge in [0.1, 0.15) is 11.6 Å². The van der Waals surface area contributed by atoms with E-state index in [0.717, 1.165) is 0 Å². The Labute approximate surface area is 120 Å². The van der Waals surface area contributed by atoms with Gasteiger partial charge in [0, 0.05) is 12.8 Å². The molecule has 0 aliphatic heterocycles. The van der Waals surface area contributed by atoms with Gasteiger partial charge in [-0.2, -0.15) is 0 Å². The minimum Gasteiger partial charge on any atom is -0.460 e. The predicted octanol–water partition coefficient (Wildman–Crippen LogP) is 2.36. The monoisotopic (exact) mass is 283 g/mol. The fraction of sp³-hybridized carbons (Fsp3) is 0.733. The van der Waals surface area contributed by atoms with E-state index >= 15 is 0 Å². The van der Waals surface area contributed by atoms with Crippen LogP contribution in [0.25, 0.3) is 0 Å². The first-order valence-electron chi connectivity index (χ1n) is 6.75. The van der Waals surface area contributed by atoms with Gasteiger partial charge in [-0.1, -0.05) is 13.8 Å². The molecule has 0 aliphatic rings. The lowest BCUT2D eigenvalue weighted by atomic mass is 9.99. The highest BCUT2D eigenvalue weighted by molar-refractivity contribution is 6.38. The summed E-state index contributed by atoms with van der Waals surface area (Å²) < 4.78 is 5.19. The summed E-state index contributed by atoms with van der Waals surface area (Å²) in [6.45, 7) is 11.7. The van der Waals surface area contributed by atoms with Crippen molar-refractivity contribution in [3.8, 4) is 0 Å². The molecule has 0 aromatic carbocycles. The van der Waals surface area contributed by atoms with Crippen LogP contribution in [0.4, 0.5) is 0 Å². The molecule has 0 rings (SSSR count). The third-order valence-corrected chi connectivity index (χ3v) is 2.54. The van der Waals surface area contributed by atoms with E-state index in [1.54, 1.807) is 34.6 Å². The number of aliphatic imine (C=N–C) groups is 1. The molecule has 1 atom stereocenters. The van der Waals surface area contributed by atoms with Crippen molar-refractivity contribution in [2.75, 3.05) is 0 Å². The maximum absolute atomic E-state index is 12.1. The van der Waals surface area contributed by atoms with E-state index in [9.17, 15) is 14.4 Å². The number of ketones is 2. The van der Waals surface area contributed by atoms with Crippen LogP contribution in [0.2, 0.25) is 0 Å². The van der Waals surface area contributed by atoms with Gasteiger partial charge < -0.3 is 4.74 Å². The lowest BCUT2D eigenvalue weighted by Gasteiger charge is -2.21. The molecular weight excluding hydrogens is 258 g/mol. The van der Waals surface area contributed by atoms with Gasteiger partial charge >= 0.3 is 5.97 Å². The topological polar surface area (TPSA) is 72.8 Å². The first kappa shape index (κ1) is 18.5. The van der Waals surface area contributed by atoms with Crippen LogP contribution >= 0.6 is 0 Å². The standard InChI is InChI=1S/C15H25NO4/c1-9(2)14(19)12(16-10(3)11(4)17)8-13(18)20-15(5,6)7/h9,12H,8H2,1-7H3/b16-10+/t12-/m0/s1. The third kappa shape index (κ3) is 7.16. The van der Waals surface area contributed by atoms with Crippen LogP contribution in [-0.4, -0.2) is 34.9 Å². The second-order valence-corrected chi connectivity index (χ2v) is 6.13. The molecule has 20 heavy (non-hydrogen) atoms. The van der Waals surface area contributed by atoms with Crippen LogP contribution in [0.15, 0.2) is 4.99 Å². The Bertz CT molecular complexity index is 416. The summed E-state index contributed by atoms with van der Waals surface area (Å²) in [4.78, 5) is 39.2. The number of carbonyl (C=O) groups excluding carboxylic acids is 3. The molecule has 5 heteroatoms. The molecule has 0 heterocycles. The molecule has 0 aromatic heterocycles. The van der Waals surface area contributed by atoms with Gasteiger partial charge in [-0.15, -0.1) is 0 Å². The van der Waals surface area contributed by atoms with Crippen LogP contribution in [0.3, 0.4) is 0 Å². The molecule has 0 aromatic rings. The van der Waals surface area contributed by atoms with Crippen molar-refractivity contribution in [1.82, 2.24) is 0 Å².